The smallest absolute Gasteiger partial charge is 0.191 e. The molecule has 1 aliphatic heterocycles. The number of nitrogens with one attached hydrogen (secondary N) is 2. The molecule has 0 aromatic heterocycles. The third kappa shape index (κ3) is 9.22. The first-order valence-corrected chi connectivity index (χ1v) is 11.0. The minimum Gasteiger partial charge on any atom is -0.357 e. The molecule has 1 heterocycles. The molecular formula is C23H42IN5. The van der Waals surface area contributed by atoms with Crippen LogP contribution < -0.4 is 10.6 Å². The summed E-state index contributed by atoms with van der Waals surface area (Å²) in [6.07, 6.45) is 2.34. The van der Waals surface area contributed by atoms with Gasteiger partial charge in [0, 0.05) is 38.1 Å². The second-order valence-corrected chi connectivity index (χ2v) is 8.55. The van der Waals surface area contributed by atoms with Gasteiger partial charge in [-0.25, -0.2) is 0 Å². The summed E-state index contributed by atoms with van der Waals surface area (Å²) in [5.41, 5.74) is 2.75. The van der Waals surface area contributed by atoms with Crippen LogP contribution in [0.25, 0.3) is 0 Å². The number of aliphatic imine (C=N–C) groups is 1. The SMILES string of the molecule is CCNC(=NCC(C)(C)c1ccc(CC)cc1)NCCN1CCCN(C)CC1.I. The molecule has 1 saturated heterocycles. The van der Waals surface area contributed by atoms with Gasteiger partial charge >= 0.3 is 0 Å². The van der Waals surface area contributed by atoms with Crippen LogP contribution in [-0.4, -0.2) is 75.2 Å². The van der Waals surface area contributed by atoms with E-state index in [1.54, 1.807) is 0 Å². The summed E-state index contributed by atoms with van der Waals surface area (Å²) in [5.74, 6) is 0.924. The normalized spacial score (nSPS) is 16.8. The minimum absolute atomic E-state index is 0. The Morgan fingerprint density at radius 3 is 2.41 bits per heavy atom. The number of hydrogen-bond donors (Lipinski definition) is 2. The van der Waals surface area contributed by atoms with Crippen molar-refractivity contribution in [1.29, 1.82) is 0 Å². The molecule has 0 bridgehead atoms. The number of nitrogens with zero attached hydrogens (tertiary/aromatic N) is 3. The third-order valence-corrected chi connectivity index (χ3v) is 5.65. The second kappa shape index (κ2) is 13.4. The van der Waals surface area contributed by atoms with Gasteiger partial charge in [0.1, 0.15) is 0 Å². The topological polar surface area (TPSA) is 42.9 Å². The highest BCUT2D eigenvalue weighted by molar-refractivity contribution is 14.0. The Balaban J connectivity index is 0.00000420. The van der Waals surface area contributed by atoms with Crippen LogP contribution in [0, 0.1) is 0 Å². The highest BCUT2D eigenvalue weighted by Crippen LogP contribution is 2.24. The molecule has 166 valence electrons. The van der Waals surface area contributed by atoms with E-state index in [1.807, 2.05) is 0 Å². The van der Waals surface area contributed by atoms with Crippen molar-refractivity contribution < 1.29 is 0 Å². The van der Waals surface area contributed by atoms with E-state index >= 15 is 0 Å². The number of aryl methyl sites for hydroxylation is 1. The van der Waals surface area contributed by atoms with Crippen molar-refractivity contribution in [3.05, 3.63) is 35.4 Å². The molecule has 6 heteroatoms. The molecule has 0 aliphatic carbocycles. The fraction of sp³-hybridized carbons (Fsp3) is 0.696. The predicted octanol–water partition coefficient (Wildman–Crippen LogP) is 3.34. The third-order valence-electron chi connectivity index (χ3n) is 5.65. The number of guanidine groups is 1. The van der Waals surface area contributed by atoms with Gasteiger partial charge in [0.15, 0.2) is 5.96 Å². The van der Waals surface area contributed by atoms with Gasteiger partial charge in [-0.3, -0.25) is 4.99 Å². The number of rotatable bonds is 8. The molecule has 1 aromatic carbocycles. The zero-order valence-electron chi connectivity index (χ0n) is 19.1. The van der Waals surface area contributed by atoms with Crippen molar-refractivity contribution in [1.82, 2.24) is 20.4 Å². The Morgan fingerprint density at radius 1 is 1.03 bits per heavy atom. The standard InChI is InChI=1S/C23H41N5.HI/c1-6-20-9-11-21(12-10-20)23(3,4)19-26-22(24-7-2)25-13-16-28-15-8-14-27(5)17-18-28;/h9-12H,6-8,13-19H2,1-5H3,(H2,24,25,26);1H. The molecule has 0 saturated carbocycles. The summed E-state index contributed by atoms with van der Waals surface area (Å²) in [6.45, 7) is 17.2. The lowest BCUT2D eigenvalue weighted by Gasteiger charge is -2.25. The largest absolute Gasteiger partial charge is 0.357 e. The van der Waals surface area contributed by atoms with Crippen LogP contribution >= 0.6 is 24.0 Å². The molecule has 1 aromatic rings. The highest BCUT2D eigenvalue weighted by Gasteiger charge is 2.20. The van der Waals surface area contributed by atoms with E-state index in [0.717, 1.165) is 45.1 Å². The number of hydrogen-bond acceptors (Lipinski definition) is 3. The van der Waals surface area contributed by atoms with Crippen molar-refractivity contribution in [2.45, 2.75) is 46.0 Å². The van der Waals surface area contributed by atoms with Crippen LogP contribution in [0.5, 0.6) is 0 Å². The number of benzene rings is 1. The fourth-order valence-electron chi connectivity index (χ4n) is 3.56. The van der Waals surface area contributed by atoms with Gasteiger partial charge in [-0.15, -0.1) is 24.0 Å². The maximum atomic E-state index is 4.89. The molecule has 2 N–H and O–H groups in total. The molecule has 29 heavy (non-hydrogen) atoms. The Bertz CT molecular complexity index is 600. The average Bonchev–Trinajstić information content (AvgIpc) is 2.90. The molecule has 0 unspecified atom stereocenters. The monoisotopic (exact) mass is 515 g/mol. The summed E-state index contributed by atoms with van der Waals surface area (Å²) >= 11 is 0. The average molecular weight is 516 g/mol. The van der Waals surface area contributed by atoms with E-state index < -0.39 is 0 Å². The molecule has 0 spiro atoms. The molecule has 5 nitrogen and oxygen atoms in total. The molecule has 0 radical (unpaired) electrons. The Kier molecular flexibility index (Phi) is 12.1. The van der Waals surface area contributed by atoms with Gasteiger partial charge in [0.05, 0.1) is 6.54 Å². The second-order valence-electron chi connectivity index (χ2n) is 8.55. The van der Waals surface area contributed by atoms with Gasteiger partial charge in [-0.2, -0.15) is 0 Å². The molecule has 0 amide bonds. The quantitative estimate of drug-likeness (QED) is 0.317. The Hall–Kier alpha value is -0.860. The van der Waals surface area contributed by atoms with Crippen molar-refractivity contribution in [2.24, 2.45) is 4.99 Å². The zero-order chi connectivity index (χ0) is 20.4. The predicted molar refractivity (Wildman–Crippen MR) is 137 cm³/mol. The van der Waals surface area contributed by atoms with E-state index in [4.69, 9.17) is 4.99 Å². The molecule has 2 rings (SSSR count). The van der Waals surface area contributed by atoms with Gasteiger partial charge in [-0.1, -0.05) is 45.0 Å². The van der Waals surface area contributed by atoms with E-state index in [2.05, 4.69) is 79.4 Å². The number of halogens is 1. The van der Waals surface area contributed by atoms with E-state index in [0.29, 0.717) is 0 Å². The van der Waals surface area contributed by atoms with E-state index in [-0.39, 0.29) is 29.4 Å². The van der Waals surface area contributed by atoms with Crippen LogP contribution in [0.3, 0.4) is 0 Å². The minimum atomic E-state index is 0. The molecule has 1 fully saturated rings. The van der Waals surface area contributed by atoms with Crippen molar-refractivity contribution in [3.63, 3.8) is 0 Å². The zero-order valence-corrected chi connectivity index (χ0v) is 21.5. The number of likely N-dealkylation sites (N-methyl/N-ethyl adjacent to an activating group) is 1. The van der Waals surface area contributed by atoms with Gasteiger partial charge in [0.2, 0.25) is 0 Å². The summed E-state index contributed by atoms with van der Waals surface area (Å²) in [5, 5.41) is 6.92. The van der Waals surface area contributed by atoms with Crippen LogP contribution in [0.1, 0.15) is 45.2 Å². The Morgan fingerprint density at radius 2 is 1.76 bits per heavy atom. The lowest BCUT2D eigenvalue weighted by molar-refractivity contribution is 0.280. The summed E-state index contributed by atoms with van der Waals surface area (Å²) in [4.78, 5) is 9.86. The first kappa shape index (κ1) is 26.2. The van der Waals surface area contributed by atoms with E-state index in [9.17, 15) is 0 Å². The van der Waals surface area contributed by atoms with Gasteiger partial charge in [0.25, 0.3) is 0 Å². The lowest BCUT2D eigenvalue weighted by Crippen LogP contribution is -2.43. The van der Waals surface area contributed by atoms with Crippen LogP contribution in [0.15, 0.2) is 29.3 Å². The van der Waals surface area contributed by atoms with Gasteiger partial charge < -0.3 is 20.4 Å². The van der Waals surface area contributed by atoms with Crippen molar-refractivity contribution in [3.8, 4) is 0 Å². The lowest BCUT2D eigenvalue weighted by atomic mass is 9.84. The first-order valence-electron chi connectivity index (χ1n) is 11.0. The summed E-state index contributed by atoms with van der Waals surface area (Å²) in [6, 6.07) is 8.99. The van der Waals surface area contributed by atoms with E-state index in [1.165, 1.54) is 37.2 Å². The van der Waals surface area contributed by atoms with Crippen LogP contribution in [-0.2, 0) is 11.8 Å². The highest BCUT2D eigenvalue weighted by atomic mass is 127. The summed E-state index contributed by atoms with van der Waals surface area (Å²) in [7, 11) is 2.22. The molecule has 0 atom stereocenters. The fourth-order valence-corrected chi connectivity index (χ4v) is 3.56. The van der Waals surface area contributed by atoms with Crippen LogP contribution in [0.4, 0.5) is 0 Å². The van der Waals surface area contributed by atoms with Crippen LogP contribution in [0.2, 0.25) is 0 Å². The summed E-state index contributed by atoms with van der Waals surface area (Å²) < 4.78 is 0. The maximum absolute atomic E-state index is 4.89. The van der Waals surface area contributed by atoms with Gasteiger partial charge in [-0.05, 0) is 51.0 Å². The molecular weight excluding hydrogens is 473 g/mol. The first-order chi connectivity index (χ1) is 13.4. The van der Waals surface area contributed by atoms with Crippen molar-refractivity contribution >= 4 is 29.9 Å². The molecule has 1 aliphatic rings. The van der Waals surface area contributed by atoms with Crippen molar-refractivity contribution in [2.75, 3.05) is 59.4 Å². The maximum Gasteiger partial charge on any atom is 0.191 e. The Labute approximate surface area is 195 Å².